The number of hydrogen-bond donors (Lipinski definition) is 1. The Balaban J connectivity index is 2.10. The zero-order valence-corrected chi connectivity index (χ0v) is 15.6. The molecule has 0 spiro atoms. The number of amides is 1. The fourth-order valence-corrected chi connectivity index (χ4v) is 3.40. The number of hydrogen-bond acceptors (Lipinski definition) is 5. The quantitative estimate of drug-likeness (QED) is 0.725. The highest BCUT2D eigenvalue weighted by Crippen LogP contribution is 2.17. The molecule has 27 heavy (non-hydrogen) atoms. The summed E-state index contributed by atoms with van der Waals surface area (Å²) in [6.45, 7) is 1.31. The van der Waals surface area contributed by atoms with Crippen LogP contribution in [0.3, 0.4) is 0 Å². The normalized spacial score (nSPS) is 11.1. The van der Waals surface area contributed by atoms with Crippen LogP contribution in [0.2, 0.25) is 0 Å². The Kier molecular flexibility index (Phi) is 6.65. The number of esters is 1. The molecule has 2 aromatic rings. The molecule has 0 saturated heterocycles. The molecule has 0 radical (unpaired) electrons. The maximum Gasteiger partial charge on any atom is 0.337 e. The summed E-state index contributed by atoms with van der Waals surface area (Å²) in [4.78, 5) is 24.8. The van der Waals surface area contributed by atoms with E-state index in [-0.39, 0.29) is 29.5 Å². The third kappa shape index (κ3) is 5.35. The van der Waals surface area contributed by atoms with Crippen molar-refractivity contribution in [3.05, 3.63) is 59.9 Å². The number of nitrogens with zero attached hydrogens (tertiary/aromatic N) is 1. The zero-order valence-electron chi connectivity index (χ0n) is 14.8. The minimum absolute atomic E-state index is 0.0420. The number of carbonyl (C=O) groups is 2. The summed E-state index contributed by atoms with van der Waals surface area (Å²) in [5.74, 6) is -1.41. The number of halogens is 1. The molecule has 0 bridgehead atoms. The highest BCUT2D eigenvalue weighted by molar-refractivity contribution is 7.89. The molecule has 0 aliphatic carbocycles. The first kappa shape index (κ1) is 20.5. The Morgan fingerprint density at radius 1 is 1.15 bits per heavy atom. The van der Waals surface area contributed by atoms with Crippen molar-refractivity contribution in [2.45, 2.75) is 11.8 Å². The van der Waals surface area contributed by atoms with E-state index in [0.717, 1.165) is 24.3 Å². The lowest BCUT2D eigenvalue weighted by Crippen LogP contribution is -2.37. The molecule has 2 rings (SSSR count). The lowest BCUT2D eigenvalue weighted by atomic mass is 10.2. The van der Waals surface area contributed by atoms with Gasteiger partial charge < -0.3 is 9.64 Å². The van der Waals surface area contributed by atoms with Crippen molar-refractivity contribution < 1.29 is 27.1 Å². The average molecular weight is 394 g/mol. The van der Waals surface area contributed by atoms with E-state index in [9.17, 15) is 22.4 Å². The average Bonchev–Trinajstić information content (AvgIpc) is 2.64. The molecule has 0 heterocycles. The van der Waals surface area contributed by atoms with Crippen LogP contribution in [0.25, 0.3) is 0 Å². The second kappa shape index (κ2) is 8.74. The lowest BCUT2D eigenvalue weighted by Gasteiger charge is -2.22. The van der Waals surface area contributed by atoms with Gasteiger partial charge in [-0.1, -0.05) is 6.07 Å². The van der Waals surface area contributed by atoms with Gasteiger partial charge in [0.05, 0.1) is 17.6 Å². The third-order valence-corrected chi connectivity index (χ3v) is 5.19. The topological polar surface area (TPSA) is 92.8 Å². The summed E-state index contributed by atoms with van der Waals surface area (Å²) in [5, 5.41) is 0. The van der Waals surface area contributed by atoms with Gasteiger partial charge in [0.25, 0.3) is 0 Å². The molecule has 144 valence electrons. The Hall–Kier alpha value is -2.78. The van der Waals surface area contributed by atoms with E-state index >= 15 is 0 Å². The molecule has 0 aromatic heterocycles. The molecule has 7 nitrogen and oxygen atoms in total. The maximum absolute atomic E-state index is 12.9. The Morgan fingerprint density at radius 2 is 1.81 bits per heavy atom. The molecule has 1 N–H and O–H groups in total. The van der Waals surface area contributed by atoms with Gasteiger partial charge in [-0.2, -0.15) is 0 Å². The van der Waals surface area contributed by atoms with Gasteiger partial charge >= 0.3 is 5.97 Å². The molecule has 0 fully saturated rings. The largest absolute Gasteiger partial charge is 0.465 e. The summed E-state index contributed by atoms with van der Waals surface area (Å²) >= 11 is 0. The van der Waals surface area contributed by atoms with E-state index in [1.165, 1.54) is 25.0 Å². The predicted molar refractivity (Wildman–Crippen MR) is 97.4 cm³/mol. The molecule has 1 amide bonds. The van der Waals surface area contributed by atoms with Crippen molar-refractivity contribution in [2.75, 3.05) is 25.1 Å². The van der Waals surface area contributed by atoms with Gasteiger partial charge in [0.2, 0.25) is 15.9 Å². The van der Waals surface area contributed by atoms with E-state index in [1.54, 1.807) is 18.2 Å². The molecule has 0 unspecified atom stereocenters. The first-order valence-corrected chi connectivity index (χ1v) is 9.44. The van der Waals surface area contributed by atoms with Gasteiger partial charge in [-0.25, -0.2) is 22.3 Å². The van der Waals surface area contributed by atoms with Crippen molar-refractivity contribution in [1.82, 2.24) is 4.72 Å². The minimum Gasteiger partial charge on any atom is -0.465 e. The summed E-state index contributed by atoms with van der Waals surface area (Å²) in [7, 11) is -2.58. The summed E-state index contributed by atoms with van der Waals surface area (Å²) < 4.78 is 44.4. The Morgan fingerprint density at radius 3 is 2.41 bits per heavy atom. The van der Waals surface area contributed by atoms with Crippen LogP contribution >= 0.6 is 0 Å². The van der Waals surface area contributed by atoms with Gasteiger partial charge in [-0.3, -0.25) is 4.79 Å². The van der Waals surface area contributed by atoms with E-state index in [0.29, 0.717) is 5.69 Å². The summed E-state index contributed by atoms with van der Waals surface area (Å²) in [6, 6.07) is 10.7. The molecule has 0 saturated carbocycles. The number of ether oxygens (including phenoxy) is 1. The number of nitrogens with one attached hydrogen (secondary N) is 1. The maximum atomic E-state index is 12.9. The number of methoxy groups -OCH3 is 1. The van der Waals surface area contributed by atoms with Gasteiger partial charge in [0.15, 0.2) is 0 Å². The third-order valence-electron chi connectivity index (χ3n) is 3.71. The highest BCUT2D eigenvalue weighted by Gasteiger charge is 2.17. The van der Waals surface area contributed by atoms with Gasteiger partial charge in [0.1, 0.15) is 5.82 Å². The predicted octanol–water partition coefficient (Wildman–Crippen LogP) is 1.94. The van der Waals surface area contributed by atoms with Crippen molar-refractivity contribution in [3.63, 3.8) is 0 Å². The lowest BCUT2D eigenvalue weighted by molar-refractivity contribution is -0.116. The van der Waals surface area contributed by atoms with E-state index in [2.05, 4.69) is 9.46 Å². The fourth-order valence-electron chi connectivity index (χ4n) is 2.38. The second-order valence-corrected chi connectivity index (χ2v) is 7.33. The van der Waals surface area contributed by atoms with Crippen molar-refractivity contribution in [3.8, 4) is 0 Å². The highest BCUT2D eigenvalue weighted by atomic mass is 32.2. The molecule has 9 heteroatoms. The first-order valence-electron chi connectivity index (χ1n) is 7.96. The monoisotopic (exact) mass is 394 g/mol. The molecule has 0 atom stereocenters. The van der Waals surface area contributed by atoms with Crippen molar-refractivity contribution in [2.24, 2.45) is 0 Å². The van der Waals surface area contributed by atoms with Crippen molar-refractivity contribution >= 4 is 27.6 Å². The number of benzene rings is 2. The van der Waals surface area contributed by atoms with Gasteiger partial charge in [-0.05, 0) is 42.5 Å². The van der Waals surface area contributed by atoms with E-state index in [4.69, 9.17) is 0 Å². The first-order chi connectivity index (χ1) is 12.7. The van der Waals surface area contributed by atoms with Crippen LogP contribution < -0.4 is 9.62 Å². The zero-order chi connectivity index (χ0) is 20.0. The van der Waals surface area contributed by atoms with Crippen LogP contribution in [0.1, 0.15) is 17.3 Å². The molecule has 0 aliphatic heterocycles. The number of anilines is 1. The van der Waals surface area contributed by atoms with Crippen LogP contribution in [-0.2, 0) is 19.6 Å². The minimum atomic E-state index is -3.83. The van der Waals surface area contributed by atoms with Crippen LogP contribution in [0.5, 0.6) is 0 Å². The smallest absolute Gasteiger partial charge is 0.337 e. The van der Waals surface area contributed by atoms with Crippen LogP contribution in [0.4, 0.5) is 10.1 Å². The number of sulfonamides is 1. The van der Waals surface area contributed by atoms with Gasteiger partial charge in [-0.15, -0.1) is 0 Å². The second-order valence-electron chi connectivity index (χ2n) is 5.56. The van der Waals surface area contributed by atoms with Crippen LogP contribution in [-0.4, -0.2) is 40.5 Å². The standard InChI is InChI=1S/C18H19FN2O5S/c1-13(22)21(16-5-3-4-14(12-16)18(23)26-2)11-10-20-27(24,25)17-8-6-15(19)7-9-17/h3-9,12,20H,10-11H2,1-2H3. The number of rotatable bonds is 7. The van der Waals surface area contributed by atoms with Crippen molar-refractivity contribution in [1.29, 1.82) is 0 Å². The Labute approximate surface area is 156 Å². The summed E-state index contributed by atoms with van der Waals surface area (Å²) in [5.41, 5.74) is 0.708. The van der Waals surface area contributed by atoms with E-state index in [1.807, 2.05) is 0 Å². The Bertz CT molecular complexity index is 929. The molecule has 2 aromatic carbocycles. The SMILES string of the molecule is COC(=O)c1cccc(N(CCNS(=O)(=O)c2ccc(F)cc2)C(C)=O)c1. The van der Waals surface area contributed by atoms with Gasteiger partial charge in [0, 0.05) is 25.7 Å². The fraction of sp³-hybridized carbons (Fsp3) is 0.222. The molecule has 0 aliphatic rings. The van der Waals surface area contributed by atoms with Crippen LogP contribution in [0, 0.1) is 5.82 Å². The number of carbonyl (C=O) groups excluding carboxylic acids is 2. The molecular formula is C18H19FN2O5S. The van der Waals surface area contributed by atoms with E-state index < -0.39 is 21.8 Å². The summed E-state index contributed by atoms with van der Waals surface area (Å²) in [6.07, 6.45) is 0. The molecular weight excluding hydrogens is 375 g/mol. The van der Waals surface area contributed by atoms with Crippen LogP contribution in [0.15, 0.2) is 53.4 Å².